The average molecular weight is 389 g/mol. The predicted octanol–water partition coefficient (Wildman–Crippen LogP) is 1.24. The molecule has 2 heterocycles. The molecule has 0 atom stereocenters. The summed E-state index contributed by atoms with van der Waals surface area (Å²) in [6, 6.07) is 2.96. The van der Waals surface area contributed by atoms with Gasteiger partial charge in [0.2, 0.25) is 0 Å². The second-order valence-corrected chi connectivity index (χ2v) is 9.10. The van der Waals surface area contributed by atoms with Gasteiger partial charge in [-0.3, -0.25) is 4.79 Å². The first-order chi connectivity index (χ1) is 11.9. The molecule has 140 valence electrons. The number of nitrogens with one attached hydrogen (secondary N) is 2. The Hall–Kier alpha value is -1.65. The third-order valence-corrected chi connectivity index (χ3v) is 7.34. The lowest BCUT2D eigenvalue weighted by Gasteiger charge is -2.25. The Morgan fingerprint density at radius 3 is 2.48 bits per heavy atom. The summed E-state index contributed by atoms with van der Waals surface area (Å²) in [5.41, 5.74) is 0. The fraction of sp³-hybridized carbons (Fsp3) is 0.600. The number of carbonyl (C=O) groups excluding carboxylic acids is 1. The number of carboxylic acids is 1. The fourth-order valence-electron chi connectivity index (χ4n) is 2.51. The van der Waals surface area contributed by atoms with E-state index in [9.17, 15) is 18.0 Å². The van der Waals surface area contributed by atoms with Crippen molar-refractivity contribution in [2.75, 3.05) is 26.2 Å². The Kier molecular flexibility index (Phi) is 7.21. The van der Waals surface area contributed by atoms with Gasteiger partial charge in [0.05, 0.1) is 6.42 Å². The molecule has 0 saturated carbocycles. The van der Waals surface area contributed by atoms with Crippen molar-refractivity contribution in [3.05, 3.63) is 17.0 Å². The first kappa shape index (κ1) is 19.7. The van der Waals surface area contributed by atoms with Crippen LogP contribution in [0.1, 0.15) is 30.6 Å². The minimum Gasteiger partial charge on any atom is -0.481 e. The average Bonchev–Trinajstić information content (AvgIpc) is 3.05. The number of hydrogen-bond donors (Lipinski definition) is 3. The summed E-state index contributed by atoms with van der Waals surface area (Å²) in [4.78, 5) is 22.7. The number of carbonyl (C=O) groups is 2. The summed E-state index contributed by atoms with van der Waals surface area (Å²) < 4.78 is 27.0. The zero-order valence-corrected chi connectivity index (χ0v) is 15.5. The van der Waals surface area contributed by atoms with Crippen LogP contribution in [0.4, 0.5) is 4.79 Å². The molecule has 1 fully saturated rings. The highest BCUT2D eigenvalue weighted by Gasteiger charge is 2.27. The van der Waals surface area contributed by atoms with Crippen molar-refractivity contribution < 1.29 is 23.1 Å². The van der Waals surface area contributed by atoms with E-state index in [0.29, 0.717) is 30.3 Å². The van der Waals surface area contributed by atoms with E-state index in [4.69, 9.17) is 5.11 Å². The molecule has 0 spiro atoms. The Balaban J connectivity index is 1.79. The van der Waals surface area contributed by atoms with Crippen molar-refractivity contribution in [1.29, 1.82) is 0 Å². The van der Waals surface area contributed by atoms with E-state index in [-0.39, 0.29) is 13.0 Å². The highest BCUT2D eigenvalue weighted by Crippen LogP contribution is 2.27. The smallest absolute Gasteiger partial charge is 0.314 e. The molecule has 0 radical (unpaired) electrons. The van der Waals surface area contributed by atoms with Crippen LogP contribution in [0, 0.1) is 0 Å². The minimum absolute atomic E-state index is 0.0679. The molecule has 2 amide bonds. The molecule has 0 aliphatic carbocycles. The van der Waals surface area contributed by atoms with Crippen LogP contribution in [-0.4, -0.2) is 56.0 Å². The number of amides is 2. The number of carboxylic acid groups (broad SMARTS) is 1. The summed E-state index contributed by atoms with van der Waals surface area (Å²) in [7, 11) is -3.41. The highest BCUT2D eigenvalue weighted by atomic mass is 32.2. The lowest BCUT2D eigenvalue weighted by atomic mass is 10.2. The van der Waals surface area contributed by atoms with Crippen LogP contribution in [-0.2, 0) is 21.2 Å². The van der Waals surface area contributed by atoms with Crippen LogP contribution in [0.15, 0.2) is 16.3 Å². The number of piperidine rings is 1. The van der Waals surface area contributed by atoms with Gasteiger partial charge in [-0.1, -0.05) is 6.42 Å². The van der Waals surface area contributed by atoms with Crippen LogP contribution in [0.2, 0.25) is 0 Å². The van der Waals surface area contributed by atoms with Crippen LogP contribution in [0.5, 0.6) is 0 Å². The third-order valence-electron chi connectivity index (χ3n) is 3.83. The van der Waals surface area contributed by atoms with Crippen molar-refractivity contribution >= 4 is 33.4 Å². The lowest BCUT2D eigenvalue weighted by molar-refractivity contribution is -0.136. The second-order valence-electron chi connectivity index (χ2n) is 5.76. The normalized spacial score (nSPS) is 15.7. The van der Waals surface area contributed by atoms with E-state index in [0.717, 1.165) is 24.1 Å². The van der Waals surface area contributed by atoms with Gasteiger partial charge in [0.1, 0.15) is 4.21 Å². The number of sulfonamides is 1. The number of hydrogen-bond acceptors (Lipinski definition) is 5. The van der Waals surface area contributed by atoms with Crippen LogP contribution in [0.3, 0.4) is 0 Å². The zero-order valence-electron chi connectivity index (χ0n) is 13.9. The van der Waals surface area contributed by atoms with Crippen molar-refractivity contribution in [2.45, 2.75) is 36.3 Å². The molecular formula is C15H23N3O5S2. The summed E-state index contributed by atoms with van der Waals surface area (Å²) >= 11 is 1.23. The first-order valence-electron chi connectivity index (χ1n) is 8.22. The number of rotatable bonds is 8. The summed E-state index contributed by atoms with van der Waals surface area (Å²) in [5.74, 6) is -0.971. The van der Waals surface area contributed by atoms with Crippen molar-refractivity contribution in [2.24, 2.45) is 0 Å². The van der Waals surface area contributed by atoms with Crippen molar-refractivity contribution in [3.8, 4) is 0 Å². The summed E-state index contributed by atoms with van der Waals surface area (Å²) in [6.07, 6.45) is 3.27. The van der Waals surface area contributed by atoms with E-state index in [1.807, 2.05) is 0 Å². The molecule has 1 aromatic rings. The molecule has 25 heavy (non-hydrogen) atoms. The van der Waals surface area contributed by atoms with Gasteiger partial charge >= 0.3 is 12.0 Å². The van der Waals surface area contributed by atoms with Gasteiger partial charge in [0.25, 0.3) is 10.0 Å². The second kappa shape index (κ2) is 9.16. The summed E-state index contributed by atoms with van der Waals surface area (Å²) in [6.45, 7) is 1.57. The molecule has 1 saturated heterocycles. The molecule has 2 rings (SSSR count). The Labute approximate surface area is 151 Å². The lowest BCUT2D eigenvalue weighted by Crippen LogP contribution is -2.37. The topological polar surface area (TPSA) is 116 Å². The molecule has 0 bridgehead atoms. The third kappa shape index (κ3) is 5.98. The van der Waals surface area contributed by atoms with E-state index in [1.165, 1.54) is 11.3 Å². The van der Waals surface area contributed by atoms with Crippen LogP contribution in [0.25, 0.3) is 0 Å². The first-order valence-corrected chi connectivity index (χ1v) is 10.5. The number of nitrogens with zero attached hydrogens (tertiary/aromatic N) is 1. The van der Waals surface area contributed by atoms with Gasteiger partial charge in [-0.2, -0.15) is 4.31 Å². The molecule has 0 unspecified atom stereocenters. The maximum atomic E-state index is 12.6. The van der Waals surface area contributed by atoms with E-state index in [1.54, 1.807) is 16.4 Å². The molecule has 1 aromatic heterocycles. The Morgan fingerprint density at radius 1 is 1.12 bits per heavy atom. The summed E-state index contributed by atoms with van der Waals surface area (Å²) in [5, 5.41) is 13.6. The molecular weight excluding hydrogens is 366 g/mol. The Morgan fingerprint density at radius 2 is 1.80 bits per heavy atom. The van der Waals surface area contributed by atoms with Gasteiger partial charge < -0.3 is 15.7 Å². The molecule has 10 heteroatoms. The number of aliphatic carboxylic acids is 1. The molecule has 3 N–H and O–H groups in total. The molecule has 0 aromatic carbocycles. The minimum atomic E-state index is -3.41. The molecule has 8 nitrogen and oxygen atoms in total. The van der Waals surface area contributed by atoms with Gasteiger partial charge in [-0.15, -0.1) is 11.3 Å². The molecule has 1 aliphatic heterocycles. The maximum Gasteiger partial charge on any atom is 0.314 e. The zero-order chi connectivity index (χ0) is 18.3. The quantitative estimate of drug-likeness (QED) is 0.619. The van der Waals surface area contributed by atoms with E-state index in [2.05, 4.69) is 10.6 Å². The fourth-order valence-corrected chi connectivity index (χ4v) is 5.54. The van der Waals surface area contributed by atoms with Crippen molar-refractivity contribution in [1.82, 2.24) is 14.9 Å². The van der Waals surface area contributed by atoms with Crippen LogP contribution < -0.4 is 10.6 Å². The van der Waals surface area contributed by atoms with Crippen molar-refractivity contribution in [3.63, 3.8) is 0 Å². The van der Waals surface area contributed by atoms with Gasteiger partial charge in [-0.05, 0) is 31.4 Å². The monoisotopic (exact) mass is 389 g/mol. The number of urea groups is 1. The van der Waals surface area contributed by atoms with Crippen LogP contribution >= 0.6 is 11.3 Å². The predicted molar refractivity (Wildman–Crippen MR) is 94.3 cm³/mol. The van der Waals surface area contributed by atoms with E-state index >= 15 is 0 Å². The van der Waals surface area contributed by atoms with Gasteiger partial charge in [0.15, 0.2) is 0 Å². The van der Waals surface area contributed by atoms with E-state index < -0.39 is 22.0 Å². The maximum absolute atomic E-state index is 12.6. The highest BCUT2D eigenvalue weighted by molar-refractivity contribution is 7.91. The Bertz CT molecular complexity index is 696. The SMILES string of the molecule is O=C(O)CCNC(=O)NCCc1ccc(S(=O)(=O)N2CCCCC2)s1. The standard InChI is InChI=1S/C15H23N3O5S2/c19-13(20)7-9-17-15(21)16-8-6-12-4-5-14(24-12)25(22,23)18-10-2-1-3-11-18/h4-5H,1-3,6-11H2,(H,19,20)(H2,16,17,21). The number of thiophene rings is 1. The largest absolute Gasteiger partial charge is 0.481 e. The molecule has 1 aliphatic rings. The van der Waals surface area contributed by atoms with Gasteiger partial charge in [0, 0.05) is 31.1 Å². The van der Waals surface area contributed by atoms with Gasteiger partial charge in [-0.25, -0.2) is 13.2 Å².